The first-order chi connectivity index (χ1) is 17.2. The Morgan fingerprint density at radius 2 is 1.83 bits per heavy atom. The molecular weight excluding hydrogens is 469 g/mol. The fourth-order valence-corrected chi connectivity index (χ4v) is 3.48. The molecule has 0 aliphatic carbocycles. The molecule has 3 N–H and O–H groups in total. The molecule has 0 unspecified atom stereocenters. The number of anilines is 4. The molecule has 10 heteroatoms. The number of rotatable bonds is 7. The van der Waals surface area contributed by atoms with Crippen LogP contribution in [-0.2, 0) is 6.18 Å². The molecule has 4 rings (SSSR count). The van der Waals surface area contributed by atoms with Crippen molar-refractivity contribution >= 4 is 28.9 Å². The van der Waals surface area contributed by atoms with Crippen LogP contribution in [0.1, 0.15) is 28.4 Å². The molecule has 0 saturated carbocycles. The summed E-state index contributed by atoms with van der Waals surface area (Å²) in [6, 6.07) is 13.8. The van der Waals surface area contributed by atoms with Gasteiger partial charge in [-0.25, -0.2) is 9.97 Å². The van der Waals surface area contributed by atoms with E-state index in [2.05, 4.69) is 30.9 Å². The van der Waals surface area contributed by atoms with E-state index >= 15 is 0 Å². The van der Waals surface area contributed by atoms with Crippen LogP contribution in [0.3, 0.4) is 0 Å². The van der Waals surface area contributed by atoms with Gasteiger partial charge in [-0.05, 0) is 67.9 Å². The van der Waals surface area contributed by atoms with Crippen LogP contribution >= 0.6 is 0 Å². The van der Waals surface area contributed by atoms with Gasteiger partial charge in [0, 0.05) is 53.3 Å². The quantitative estimate of drug-likeness (QED) is 0.281. The zero-order chi connectivity index (χ0) is 25.7. The van der Waals surface area contributed by atoms with Crippen molar-refractivity contribution in [1.82, 2.24) is 15.0 Å². The zero-order valence-corrected chi connectivity index (χ0v) is 19.5. The Kier molecular flexibility index (Phi) is 7.14. The number of alkyl halides is 3. The van der Waals surface area contributed by atoms with E-state index in [1.807, 2.05) is 19.1 Å². The fourth-order valence-electron chi connectivity index (χ4n) is 3.48. The van der Waals surface area contributed by atoms with Gasteiger partial charge in [0.25, 0.3) is 5.91 Å². The van der Waals surface area contributed by atoms with E-state index in [0.717, 1.165) is 23.3 Å². The van der Waals surface area contributed by atoms with Gasteiger partial charge in [-0.2, -0.15) is 13.2 Å². The highest BCUT2D eigenvalue weighted by Gasteiger charge is 2.31. The molecule has 0 radical (unpaired) electrons. The predicted octanol–water partition coefficient (Wildman–Crippen LogP) is 6.29. The first-order valence-electron chi connectivity index (χ1n) is 11.1. The Balaban J connectivity index is 1.56. The number of pyridine rings is 1. The van der Waals surface area contributed by atoms with Crippen molar-refractivity contribution in [3.8, 4) is 11.3 Å². The summed E-state index contributed by atoms with van der Waals surface area (Å²) in [6.45, 7) is 4.05. The number of halogens is 3. The summed E-state index contributed by atoms with van der Waals surface area (Å²) >= 11 is 0. The number of hydrogen-bond donors (Lipinski definition) is 3. The van der Waals surface area contributed by atoms with Gasteiger partial charge in [-0.15, -0.1) is 0 Å². The second-order valence-electron chi connectivity index (χ2n) is 7.94. The maximum absolute atomic E-state index is 13.3. The molecule has 36 heavy (non-hydrogen) atoms. The molecule has 7 nitrogen and oxygen atoms in total. The predicted molar refractivity (Wildman–Crippen MR) is 133 cm³/mol. The average Bonchev–Trinajstić information content (AvgIpc) is 2.86. The van der Waals surface area contributed by atoms with Crippen molar-refractivity contribution in [2.75, 3.05) is 22.5 Å². The van der Waals surface area contributed by atoms with Gasteiger partial charge < -0.3 is 16.0 Å². The third kappa shape index (κ3) is 5.96. The van der Waals surface area contributed by atoms with Crippen LogP contribution < -0.4 is 16.0 Å². The SMILES string of the molecule is CCNc1cc(C(=O)Nc2ccc(C)c(Nc3nccc(-c4cccnc4)n3)c2)cc(C(F)(F)F)c1. The van der Waals surface area contributed by atoms with Crippen molar-refractivity contribution < 1.29 is 18.0 Å². The lowest BCUT2D eigenvalue weighted by Crippen LogP contribution is -2.15. The van der Waals surface area contributed by atoms with Crippen LogP contribution in [0, 0.1) is 6.92 Å². The third-order valence-electron chi connectivity index (χ3n) is 5.26. The number of carbonyl (C=O) groups excluding carboxylic acids is 1. The van der Waals surface area contributed by atoms with Crippen LogP contribution in [0.2, 0.25) is 0 Å². The number of hydrogen-bond acceptors (Lipinski definition) is 6. The summed E-state index contributed by atoms with van der Waals surface area (Å²) in [5.74, 6) is -0.319. The molecule has 0 atom stereocenters. The number of benzene rings is 2. The Morgan fingerprint density at radius 1 is 1.00 bits per heavy atom. The standard InChI is InChI=1S/C26H23F3N6O/c1-3-31-21-12-18(11-19(13-21)26(27,28)29)24(36)33-20-7-6-16(2)23(14-20)35-25-32-10-8-22(34-25)17-5-4-9-30-15-17/h4-15,31H,3H2,1-2H3,(H,33,36)(H,32,34,35). The number of carbonyl (C=O) groups is 1. The van der Waals surface area contributed by atoms with Crippen molar-refractivity contribution in [2.24, 2.45) is 0 Å². The van der Waals surface area contributed by atoms with E-state index in [9.17, 15) is 18.0 Å². The van der Waals surface area contributed by atoms with Gasteiger partial charge >= 0.3 is 6.18 Å². The summed E-state index contributed by atoms with van der Waals surface area (Å²) < 4.78 is 40.0. The molecule has 4 aromatic rings. The van der Waals surface area contributed by atoms with Crippen molar-refractivity contribution in [3.63, 3.8) is 0 Å². The van der Waals surface area contributed by atoms with Crippen molar-refractivity contribution in [3.05, 3.63) is 89.9 Å². The molecule has 0 fully saturated rings. The molecule has 184 valence electrons. The second-order valence-corrected chi connectivity index (χ2v) is 7.94. The van der Waals surface area contributed by atoms with Gasteiger partial charge in [-0.3, -0.25) is 9.78 Å². The normalized spacial score (nSPS) is 11.1. The second kappa shape index (κ2) is 10.4. The molecular formula is C26H23F3N6O. The number of aryl methyl sites for hydroxylation is 1. The van der Waals surface area contributed by atoms with Crippen molar-refractivity contribution in [2.45, 2.75) is 20.0 Å². The van der Waals surface area contributed by atoms with Gasteiger partial charge in [0.1, 0.15) is 0 Å². The van der Waals surface area contributed by atoms with Crippen LogP contribution in [-0.4, -0.2) is 27.4 Å². The lowest BCUT2D eigenvalue weighted by Gasteiger charge is -2.14. The Bertz CT molecular complexity index is 1380. The lowest BCUT2D eigenvalue weighted by molar-refractivity contribution is -0.137. The van der Waals surface area contributed by atoms with Crippen LogP contribution in [0.4, 0.5) is 36.2 Å². The van der Waals surface area contributed by atoms with Crippen molar-refractivity contribution in [1.29, 1.82) is 0 Å². The summed E-state index contributed by atoms with van der Waals surface area (Å²) in [5, 5.41) is 8.64. The molecule has 0 bridgehead atoms. The van der Waals surface area contributed by atoms with E-state index in [1.54, 1.807) is 49.8 Å². The van der Waals surface area contributed by atoms with E-state index < -0.39 is 17.6 Å². The number of nitrogens with one attached hydrogen (secondary N) is 3. The molecule has 0 saturated heterocycles. The van der Waals surface area contributed by atoms with E-state index in [-0.39, 0.29) is 11.3 Å². The van der Waals surface area contributed by atoms with E-state index in [0.29, 0.717) is 29.6 Å². The molecule has 2 aromatic heterocycles. The number of aromatic nitrogens is 3. The highest BCUT2D eigenvalue weighted by Crippen LogP contribution is 2.32. The van der Waals surface area contributed by atoms with Crippen LogP contribution in [0.25, 0.3) is 11.3 Å². The van der Waals surface area contributed by atoms with Gasteiger partial charge in [-0.1, -0.05) is 6.07 Å². The monoisotopic (exact) mass is 492 g/mol. The topological polar surface area (TPSA) is 91.8 Å². The van der Waals surface area contributed by atoms with E-state index in [4.69, 9.17) is 0 Å². The molecule has 0 spiro atoms. The number of nitrogens with zero attached hydrogens (tertiary/aromatic N) is 3. The van der Waals surface area contributed by atoms with Crippen LogP contribution in [0.5, 0.6) is 0 Å². The summed E-state index contributed by atoms with van der Waals surface area (Å²) in [5.41, 5.74) is 2.62. The third-order valence-corrected chi connectivity index (χ3v) is 5.26. The minimum atomic E-state index is -4.58. The highest BCUT2D eigenvalue weighted by atomic mass is 19.4. The number of amides is 1. The average molecular weight is 493 g/mol. The van der Waals surface area contributed by atoms with Gasteiger partial charge in [0.2, 0.25) is 5.95 Å². The molecule has 2 heterocycles. The summed E-state index contributed by atoms with van der Waals surface area (Å²) in [6.07, 6.45) is 0.413. The maximum atomic E-state index is 13.3. The van der Waals surface area contributed by atoms with E-state index in [1.165, 1.54) is 6.07 Å². The maximum Gasteiger partial charge on any atom is 0.416 e. The highest BCUT2D eigenvalue weighted by molar-refractivity contribution is 6.05. The molecule has 2 aromatic carbocycles. The van der Waals surface area contributed by atoms with Gasteiger partial charge in [0.15, 0.2) is 0 Å². The van der Waals surface area contributed by atoms with Gasteiger partial charge in [0.05, 0.1) is 11.3 Å². The first kappa shape index (κ1) is 24.6. The Hall–Kier alpha value is -4.47. The fraction of sp³-hybridized carbons (Fsp3) is 0.154. The zero-order valence-electron chi connectivity index (χ0n) is 19.5. The summed E-state index contributed by atoms with van der Waals surface area (Å²) in [4.78, 5) is 25.7. The molecule has 0 aliphatic heterocycles. The van der Waals surface area contributed by atoms with Crippen LogP contribution in [0.15, 0.2) is 73.2 Å². The minimum absolute atomic E-state index is 0.108. The minimum Gasteiger partial charge on any atom is -0.385 e. The Morgan fingerprint density at radius 3 is 2.56 bits per heavy atom. The summed E-state index contributed by atoms with van der Waals surface area (Å²) in [7, 11) is 0. The molecule has 1 amide bonds. The lowest BCUT2D eigenvalue weighted by atomic mass is 10.1. The first-order valence-corrected chi connectivity index (χ1v) is 11.1. The largest absolute Gasteiger partial charge is 0.416 e. The Labute approximate surface area is 205 Å². The molecule has 0 aliphatic rings. The smallest absolute Gasteiger partial charge is 0.385 e.